The lowest BCUT2D eigenvalue weighted by Gasteiger charge is -2.34. The van der Waals surface area contributed by atoms with Crippen molar-refractivity contribution in [1.82, 2.24) is 0 Å². The van der Waals surface area contributed by atoms with Crippen LogP contribution in [0.1, 0.15) is 92.9 Å². The van der Waals surface area contributed by atoms with Crippen LogP contribution in [0.4, 0.5) is 0 Å². The van der Waals surface area contributed by atoms with E-state index in [9.17, 15) is 19.5 Å². The molecule has 0 aromatic carbocycles. The standard InChI is InChI=1S/C23H34O4.C2H6.CH4/c1-3-7-18-14-22(26)19(11-10-16-8-5-6-9-16)20(23(18)27)15-21(25)17(4-2)12-13-24;1-2;/h5-6,8,17-20,24H,3-4,7,9-15H2,1-2H3;1-2H3;1H4. The second kappa shape index (κ2) is 15.3. The number of ketones is 3. The average Bonchev–Trinajstić information content (AvgIpc) is 3.24. The van der Waals surface area contributed by atoms with Gasteiger partial charge < -0.3 is 5.11 Å². The highest BCUT2D eigenvalue weighted by atomic mass is 16.3. The summed E-state index contributed by atoms with van der Waals surface area (Å²) in [6, 6.07) is 0. The number of aliphatic hydroxyl groups excluding tert-OH is 1. The zero-order chi connectivity index (χ0) is 21.8. The highest BCUT2D eigenvalue weighted by Crippen LogP contribution is 2.37. The van der Waals surface area contributed by atoms with Gasteiger partial charge in [-0.2, -0.15) is 0 Å². The Balaban J connectivity index is 0.00000272. The molecule has 30 heavy (non-hydrogen) atoms. The van der Waals surface area contributed by atoms with Gasteiger partial charge in [0, 0.05) is 43.1 Å². The van der Waals surface area contributed by atoms with Gasteiger partial charge >= 0.3 is 0 Å². The molecule has 4 heteroatoms. The van der Waals surface area contributed by atoms with Crippen molar-refractivity contribution in [3.8, 4) is 0 Å². The third-order valence-corrected chi connectivity index (χ3v) is 6.22. The van der Waals surface area contributed by atoms with Crippen molar-refractivity contribution in [2.45, 2.75) is 92.9 Å². The molecule has 4 unspecified atom stereocenters. The zero-order valence-corrected chi connectivity index (χ0v) is 18.8. The molecule has 0 bridgehead atoms. The van der Waals surface area contributed by atoms with Crippen LogP contribution in [-0.2, 0) is 14.4 Å². The molecule has 1 saturated carbocycles. The van der Waals surface area contributed by atoms with E-state index >= 15 is 0 Å². The predicted molar refractivity (Wildman–Crippen MR) is 124 cm³/mol. The monoisotopic (exact) mass is 420 g/mol. The van der Waals surface area contributed by atoms with Gasteiger partial charge in [-0.3, -0.25) is 14.4 Å². The lowest BCUT2D eigenvalue weighted by atomic mass is 9.67. The van der Waals surface area contributed by atoms with E-state index in [1.807, 2.05) is 33.8 Å². The van der Waals surface area contributed by atoms with Gasteiger partial charge in [0.15, 0.2) is 0 Å². The molecule has 2 aliphatic rings. The number of carbonyl (C=O) groups excluding carboxylic acids is 3. The summed E-state index contributed by atoms with van der Waals surface area (Å²) >= 11 is 0. The van der Waals surface area contributed by atoms with Gasteiger partial charge in [-0.25, -0.2) is 0 Å². The number of carbonyl (C=O) groups is 3. The molecule has 0 spiro atoms. The van der Waals surface area contributed by atoms with Crippen molar-refractivity contribution < 1.29 is 19.5 Å². The fourth-order valence-electron chi connectivity index (χ4n) is 4.57. The smallest absolute Gasteiger partial charge is 0.140 e. The molecule has 0 amide bonds. The molecule has 4 atom stereocenters. The molecule has 2 aliphatic carbocycles. The Labute approximate surface area is 184 Å². The van der Waals surface area contributed by atoms with Crippen LogP contribution in [0.5, 0.6) is 0 Å². The van der Waals surface area contributed by atoms with Crippen LogP contribution >= 0.6 is 0 Å². The van der Waals surface area contributed by atoms with E-state index in [2.05, 4.69) is 12.2 Å². The van der Waals surface area contributed by atoms with Gasteiger partial charge in [0.05, 0.1) is 0 Å². The number of rotatable bonds is 11. The first kappa shape index (κ1) is 28.5. The average molecular weight is 421 g/mol. The molecule has 0 radical (unpaired) electrons. The lowest BCUT2D eigenvalue weighted by Crippen LogP contribution is -2.42. The molecule has 0 saturated heterocycles. The topological polar surface area (TPSA) is 71.4 Å². The minimum atomic E-state index is -0.474. The molecule has 2 rings (SSSR count). The van der Waals surface area contributed by atoms with E-state index in [0.717, 1.165) is 25.7 Å². The van der Waals surface area contributed by atoms with E-state index in [1.165, 1.54) is 5.57 Å². The van der Waals surface area contributed by atoms with Crippen molar-refractivity contribution in [1.29, 1.82) is 0 Å². The Bertz CT molecular complexity index is 602. The first-order valence-electron chi connectivity index (χ1n) is 11.6. The maximum atomic E-state index is 13.1. The quantitative estimate of drug-likeness (QED) is 0.453. The lowest BCUT2D eigenvalue weighted by molar-refractivity contribution is -0.144. The highest BCUT2D eigenvalue weighted by molar-refractivity contribution is 6.00. The normalized spacial score (nSPS) is 23.9. The van der Waals surface area contributed by atoms with E-state index in [1.54, 1.807) is 0 Å². The van der Waals surface area contributed by atoms with Crippen molar-refractivity contribution in [3.05, 3.63) is 23.8 Å². The van der Waals surface area contributed by atoms with Crippen LogP contribution < -0.4 is 0 Å². The Morgan fingerprint density at radius 2 is 1.87 bits per heavy atom. The summed E-state index contributed by atoms with van der Waals surface area (Å²) in [7, 11) is 0. The van der Waals surface area contributed by atoms with E-state index in [0.29, 0.717) is 25.7 Å². The second-order valence-electron chi connectivity index (χ2n) is 8.06. The summed E-state index contributed by atoms with van der Waals surface area (Å²) in [6.07, 6.45) is 11.8. The third-order valence-electron chi connectivity index (χ3n) is 6.22. The third kappa shape index (κ3) is 7.94. The van der Waals surface area contributed by atoms with Crippen LogP contribution in [0, 0.1) is 23.7 Å². The summed E-state index contributed by atoms with van der Waals surface area (Å²) < 4.78 is 0. The van der Waals surface area contributed by atoms with E-state index in [-0.39, 0.29) is 55.6 Å². The number of hydrogen-bond acceptors (Lipinski definition) is 4. The Hall–Kier alpha value is -1.55. The molecule has 4 nitrogen and oxygen atoms in total. The molecule has 1 fully saturated rings. The number of aliphatic hydroxyl groups is 1. The van der Waals surface area contributed by atoms with Crippen molar-refractivity contribution in [2.75, 3.05) is 6.61 Å². The van der Waals surface area contributed by atoms with Crippen LogP contribution in [-0.4, -0.2) is 29.1 Å². The first-order valence-corrected chi connectivity index (χ1v) is 11.6. The van der Waals surface area contributed by atoms with Crippen molar-refractivity contribution >= 4 is 17.3 Å². The fraction of sp³-hybridized carbons (Fsp3) is 0.731. The molecule has 0 aromatic rings. The highest BCUT2D eigenvalue weighted by Gasteiger charge is 2.43. The number of allylic oxidation sites excluding steroid dienone is 4. The zero-order valence-electron chi connectivity index (χ0n) is 18.8. The van der Waals surface area contributed by atoms with Crippen LogP contribution in [0.3, 0.4) is 0 Å². The number of Topliss-reactive ketones (excluding diaryl/α,β-unsaturated/α-hetero) is 3. The first-order chi connectivity index (χ1) is 14.0. The molecular formula is C26H44O4. The summed E-state index contributed by atoms with van der Waals surface area (Å²) in [4.78, 5) is 38.7. The van der Waals surface area contributed by atoms with Gasteiger partial charge in [-0.05, 0) is 38.5 Å². The van der Waals surface area contributed by atoms with Crippen LogP contribution in [0.15, 0.2) is 23.8 Å². The minimum absolute atomic E-state index is 0. The molecule has 0 aromatic heterocycles. The van der Waals surface area contributed by atoms with Gasteiger partial charge in [-0.1, -0.05) is 65.3 Å². The Morgan fingerprint density at radius 1 is 1.17 bits per heavy atom. The second-order valence-corrected chi connectivity index (χ2v) is 8.06. The summed E-state index contributed by atoms with van der Waals surface area (Å²) in [5.41, 5.74) is 1.29. The molecule has 1 N–H and O–H groups in total. The van der Waals surface area contributed by atoms with Crippen LogP contribution in [0.25, 0.3) is 0 Å². The summed E-state index contributed by atoms with van der Waals surface area (Å²) in [6.45, 7) is 7.94. The largest absolute Gasteiger partial charge is 0.396 e. The molecule has 0 aliphatic heterocycles. The van der Waals surface area contributed by atoms with E-state index in [4.69, 9.17) is 0 Å². The van der Waals surface area contributed by atoms with Gasteiger partial charge in [0.1, 0.15) is 17.3 Å². The molecule has 0 heterocycles. The van der Waals surface area contributed by atoms with Gasteiger partial charge in [0.25, 0.3) is 0 Å². The Morgan fingerprint density at radius 3 is 2.40 bits per heavy atom. The minimum Gasteiger partial charge on any atom is -0.396 e. The van der Waals surface area contributed by atoms with Crippen molar-refractivity contribution in [3.63, 3.8) is 0 Å². The molecular weight excluding hydrogens is 376 g/mol. The maximum Gasteiger partial charge on any atom is 0.140 e. The van der Waals surface area contributed by atoms with Crippen LogP contribution in [0.2, 0.25) is 0 Å². The molecule has 172 valence electrons. The van der Waals surface area contributed by atoms with Gasteiger partial charge in [0.2, 0.25) is 0 Å². The summed E-state index contributed by atoms with van der Waals surface area (Å²) in [5, 5.41) is 9.20. The fourth-order valence-corrected chi connectivity index (χ4v) is 4.57. The predicted octanol–water partition coefficient (Wildman–Crippen LogP) is 5.87. The van der Waals surface area contributed by atoms with E-state index < -0.39 is 5.92 Å². The Kier molecular flexibility index (Phi) is 14.5. The van der Waals surface area contributed by atoms with Crippen molar-refractivity contribution in [2.24, 2.45) is 23.7 Å². The SMILES string of the molecule is C.CC.CCCC1CC(=O)C(CCC2=CC=CC2)C(CC(=O)C(CC)CCO)C1=O. The maximum absolute atomic E-state index is 13.1. The van der Waals surface area contributed by atoms with Gasteiger partial charge in [-0.15, -0.1) is 0 Å². The summed E-state index contributed by atoms with van der Waals surface area (Å²) in [5.74, 6) is -0.934. The number of hydrogen-bond donors (Lipinski definition) is 1.